The highest BCUT2D eigenvalue weighted by atomic mass is 32.2. The number of carbonyl (C=O) groups is 5. The molecule has 4 amide bonds. The van der Waals surface area contributed by atoms with Crippen molar-refractivity contribution >= 4 is 41.4 Å². The monoisotopic (exact) mass is 461 g/mol. The van der Waals surface area contributed by atoms with Crippen molar-refractivity contribution in [3.8, 4) is 0 Å². The first-order valence-electron chi connectivity index (χ1n) is 10.1. The van der Waals surface area contributed by atoms with Gasteiger partial charge in [-0.2, -0.15) is 11.8 Å². The van der Waals surface area contributed by atoms with Gasteiger partial charge in [-0.3, -0.25) is 19.2 Å². The Labute approximate surface area is 186 Å². The van der Waals surface area contributed by atoms with Crippen LogP contribution >= 0.6 is 11.8 Å². The number of hydrogen-bond acceptors (Lipinski definition) is 7. The standard InChI is InChI=1S/C19H35N5O6S/c1-10(2)9-12(20)17(27)22-11(3)16(26)23-13(7-8-31-4)18(28)24-14(19(29)30)5-6-15(21)25/h10-14H,5-9,20H2,1-4H3,(H2,21,25)(H,22,27)(H,23,26)(H,24,28)(H,29,30). The van der Waals surface area contributed by atoms with Gasteiger partial charge in [0.15, 0.2) is 0 Å². The summed E-state index contributed by atoms with van der Waals surface area (Å²) in [5.41, 5.74) is 10.9. The molecule has 178 valence electrons. The molecule has 4 atom stereocenters. The van der Waals surface area contributed by atoms with E-state index in [0.717, 1.165) is 0 Å². The summed E-state index contributed by atoms with van der Waals surface area (Å²) in [7, 11) is 0. The normalized spacial score (nSPS) is 14.8. The van der Waals surface area contributed by atoms with Crippen LogP contribution in [0.5, 0.6) is 0 Å². The number of nitrogens with two attached hydrogens (primary N) is 2. The Morgan fingerprint density at radius 3 is 1.97 bits per heavy atom. The van der Waals surface area contributed by atoms with E-state index in [9.17, 15) is 29.1 Å². The van der Waals surface area contributed by atoms with Crippen molar-refractivity contribution in [3.05, 3.63) is 0 Å². The molecule has 0 aliphatic heterocycles. The SMILES string of the molecule is CSCCC(NC(=O)C(C)NC(=O)C(N)CC(C)C)C(=O)NC(CCC(N)=O)C(=O)O. The van der Waals surface area contributed by atoms with Crippen LogP contribution < -0.4 is 27.4 Å². The zero-order chi connectivity index (χ0) is 24.1. The molecule has 12 heteroatoms. The van der Waals surface area contributed by atoms with E-state index in [0.29, 0.717) is 12.2 Å². The molecular weight excluding hydrogens is 426 g/mol. The van der Waals surface area contributed by atoms with E-state index in [-0.39, 0.29) is 25.2 Å². The second kappa shape index (κ2) is 14.6. The lowest BCUT2D eigenvalue weighted by atomic mass is 10.0. The maximum absolute atomic E-state index is 12.6. The number of thioether (sulfide) groups is 1. The van der Waals surface area contributed by atoms with Gasteiger partial charge in [0.25, 0.3) is 0 Å². The van der Waals surface area contributed by atoms with Gasteiger partial charge in [-0.15, -0.1) is 0 Å². The molecule has 0 spiro atoms. The van der Waals surface area contributed by atoms with Crippen molar-refractivity contribution in [1.29, 1.82) is 0 Å². The molecule has 0 aromatic heterocycles. The number of carboxylic acid groups (broad SMARTS) is 1. The van der Waals surface area contributed by atoms with E-state index in [1.54, 1.807) is 0 Å². The largest absolute Gasteiger partial charge is 0.480 e. The molecule has 0 saturated heterocycles. The molecule has 0 aromatic rings. The van der Waals surface area contributed by atoms with E-state index in [2.05, 4.69) is 16.0 Å². The molecule has 0 heterocycles. The van der Waals surface area contributed by atoms with Crippen LogP contribution in [-0.4, -0.2) is 70.9 Å². The number of nitrogens with one attached hydrogen (secondary N) is 3. The van der Waals surface area contributed by atoms with Crippen molar-refractivity contribution < 1.29 is 29.1 Å². The fraction of sp³-hybridized carbons (Fsp3) is 0.737. The van der Waals surface area contributed by atoms with Crippen LogP contribution in [0, 0.1) is 5.92 Å². The number of hydrogen-bond donors (Lipinski definition) is 6. The third-order valence-electron chi connectivity index (χ3n) is 4.35. The molecular formula is C19H35N5O6S. The Hall–Kier alpha value is -2.34. The summed E-state index contributed by atoms with van der Waals surface area (Å²) < 4.78 is 0. The molecule has 0 aliphatic carbocycles. The zero-order valence-corrected chi connectivity index (χ0v) is 19.3. The first kappa shape index (κ1) is 28.7. The predicted molar refractivity (Wildman–Crippen MR) is 118 cm³/mol. The molecule has 0 aliphatic rings. The molecule has 0 fully saturated rings. The van der Waals surface area contributed by atoms with E-state index in [1.165, 1.54) is 18.7 Å². The summed E-state index contributed by atoms with van der Waals surface area (Å²) in [6.07, 6.45) is 2.15. The summed E-state index contributed by atoms with van der Waals surface area (Å²) in [5, 5.41) is 16.6. The quantitative estimate of drug-likeness (QED) is 0.177. The van der Waals surface area contributed by atoms with Crippen LogP contribution in [0.25, 0.3) is 0 Å². The Bertz CT molecular complexity index is 645. The second-order valence-corrected chi connectivity index (χ2v) is 8.70. The summed E-state index contributed by atoms with van der Waals surface area (Å²) in [5.74, 6) is -3.04. The van der Waals surface area contributed by atoms with Crippen LogP contribution in [-0.2, 0) is 24.0 Å². The Kier molecular flexibility index (Phi) is 13.5. The van der Waals surface area contributed by atoms with Crippen LogP contribution in [0.3, 0.4) is 0 Å². The molecule has 0 radical (unpaired) electrons. The number of amides is 4. The fourth-order valence-electron chi connectivity index (χ4n) is 2.62. The number of rotatable bonds is 15. The average molecular weight is 462 g/mol. The molecule has 4 unspecified atom stereocenters. The summed E-state index contributed by atoms with van der Waals surface area (Å²) in [4.78, 5) is 59.5. The Balaban J connectivity index is 5.06. The molecule has 0 saturated carbocycles. The van der Waals surface area contributed by atoms with Crippen molar-refractivity contribution in [2.75, 3.05) is 12.0 Å². The van der Waals surface area contributed by atoms with E-state index < -0.39 is 53.8 Å². The summed E-state index contributed by atoms with van der Waals surface area (Å²) in [6.45, 7) is 5.31. The van der Waals surface area contributed by atoms with Crippen molar-refractivity contribution in [3.63, 3.8) is 0 Å². The lowest BCUT2D eigenvalue weighted by Gasteiger charge is -2.23. The van der Waals surface area contributed by atoms with Gasteiger partial charge in [-0.25, -0.2) is 4.79 Å². The molecule has 31 heavy (non-hydrogen) atoms. The fourth-order valence-corrected chi connectivity index (χ4v) is 3.09. The van der Waals surface area contributed by atoms with Gasteiger partial charge >= 0.3 is 5.97 Å². The van der Waals surface area contributed by atoms with Crippen LogP contribution in [0.15, 0.2) is 0 Å². The van der Waals surface area contributed by atoms with Gasteiger partial charge in [0.1, 0.15) is 18.1 Å². The third-order valence-corrected chi connectivity index (χ3v) is 5.00. The Morgan fingerprint density at radius 2 is 1.48 bits per heavy atom. The maximum Gasteiger partial charge on any atom is 0.326 e. The second-order valence-electron chi connectivity index (χ2n) is 7.71. The molecule has 0 aromatic carbocycles. The predicted octanol–water partition coefficient (Wildman–Crippen LogP) is -1.06. The average Bonchev–Trinajstić information content (AvgIpc) is 2.66. The molecule has 11 nitrogen and oxygen atoms in total. The van der Waals surface area contributed by atoms with Gasteiger partial charge in [-0.1, -0.05) is 13.8 Å². The van der Waals surface area contributed by atoms with E-state index >= 15 is 0 Å². The third kappa shape index (κ3) is 12.2. The van der Waals surface area contributed by atoms with Gasteiger partial charge < -0.3 is 32.5 Å². The molecule has 0 rings (SSSR count). The lowest BCUT2D eigenvalue weighted by Crippen LogP contribution is -2.56. The Morgan fingerprint density at radius 1 is 0.903 bits per heavy atom. The number of aliphatic carboxylic acids is 1. The minimum Gasteiger partial charge on any atom is -0.480 e. The summed E-state index contributed by atoms with van der Waals surface area (Å²) in [6, 6.07) is -4.04. The van der Waals surface area contributed by atoms with Gasteiger partial charge in [0.05, 0.1) is 6.04 Å². The zero-order valence-electron chi connectivity index (χ0n) is 18.5. The minimum atomic E-state index is -1.32. The lowest BCUT2D eigenvalue weighted by molar-refractivity contribution is -0.142. The van der Waals surface area contributed by atoms with Crippen LogP contribution in [0.2, 0.25) is 0 Å². The molecule has 8 N–H and O–H groups in total. The van der Waals surface area contributed by atoms with Gasteiger partial charge in [-0.05, 0) is 44.1 Å². The highest BCUT2D eigenvalue weighted by Crippen LogP contribution is 2.05. The van der Waals surface area contributed by atoms with Crippen LogP contribution in [0.4, 0.5) is 0 Å². The highest BCUT2D eigenvalue weighted by molar-refractivity contribution is 7.98. The smallest absolute Gasteiger partial charge is 0.326 e. The van der Waals surface area contributed by atoms with Gasteiger partial charge in [0, 0.05) is 6.42 Å². The van der Waals surface area contributed by atoms with E-state index in [1.807, 2.05) is 20.1 Å². The first-order chi connectivity index (χ1) is 14.4. The topological polar surface area (TPSA) is 194 Å². The summed E-state index contributed by atoms with van der Waals surface area (Å²) >= 11 is 1.45. The van der Waals surface area contributed by atoms with Crippen molar-refractivity contribution in [1.82, 2.24) is 16.0 Å². The van der Waals surface area contributed by atoms with E-state index in [4.69, 9.17) is 11.5 Å². The number of carboxylic acids is 1. The maximum atomic E-state index is 12.6. The number of carbonyl (C=O) groups excluding carboxylic acids is 4. The van der Waals surface area contributed by atoms with Crippen molar-refractivity contribution in [2.45, 2.75) is 70.6 Å². The minimum absolute atomic E-state index is 0.167. The van der Waals surface area contributed by atoms with Crippen LogP contribution in [0.1, 0.15) is 46.5 Å². The van der Waals surface area contributed by atoms with Crippen molar-refractivity contribution in [2.24, 2.45) is 17.4 Å². The highest BCUT2D eigenvalue weighted by Gasteiger charge is 2.28. The molecule has 0 bridgehead atoms. The van der Waals surface area contributed by atoms with Gasteiger partial charge in [0.2, 0.25) is 23.6 Å². The number of primary amides is 1. The first-order valence-corrected chi connectivity index (χ1v) is 11.4.